The molecule has 1 aromatic carbocycles. The summed E-state index contributed by atoms with van der Waals surface area (Å²) in [5, 5.41) is 3.02. The van der Waals surface area contributed by atoms with Gasteiger partial charge in [0, 0.05) is 33.6 Å². The summed E-state index contributed by atoms with van der Waals surface area (Å²) in [6.45, 7) is 1.31. The Balaban J connectivity index is 1.84. The lowest BCUT2D eigenvalue weighted by molar-refractivity contribution is -0.0997. The van der Waals surface area contributed by atoms with Crippen molar-refractivity contribution in [3.05, 3.63) is 59.4 Å². The maximum atomic E-state index is 12.8. The van der Waals surface area contributed by atoms with E-state index in [9.17, 15) is 4.79 Å². The molecule has 0 spiro atoms. The van der Waals surface area contributed by atoms with E-state index in [-0.39, 0.29) is 5.91 Å². The Kier molecular flexibility index (Phi) is 5.54. The highest BCUT2D eigenvalue weighted by Crippen LogP contribution is 2.33. The average molecular weight is 355 g/mol. The molecule has 6 nitrogen and oxygen atoms in total. The van der Waals surface area contributed by atoms with Crippen LogP contribution < -0.4 is 10.2 Å². The smallest absolute Gasteiger partial charge is 0.255 e. The molecule has 1 aliphatic rings. The minimum atomic E-state index is -0.681. The van der Waals surface area contributed by atoms with Crippen LogP contribution in [-0.2, 0) is 21.5 Å². The van der Waals surface area contributed by atoms with Gasteiger partial charge in [-0.25, -0.2) is 0 Å². The van der Waals surface area contributed by atoms with Crippen molar-refractivity contribution in [1.82, 2.24) is 10.3 Å². The lowest BCUT2D eigenvalue weighted by Crippen LogP contribution is -2.48. The molecule has 138 valence electrons. The van der Waals surface area contributed by atoms with E-state index in [1.807, 2.05) is 37.2 Å². The first-order chi connectivity index (χ1) is 12.6. The number of rotatable bonds is 6. The minimum Gasteiger partial charge on any atom is -0.381 e. The summed E-state index contributed by atoms with van der Waals surface area (Å²) in [6, 6.07) is 10.0. The van der Waals surface area contributed by atoms with Crippen LogP contribution in [0.1, 0.15) is 21.5 Å². The van der Waals surface area contributed by atoms with Crippen molar-refractivity contribution < 1.29 is 14.3 Å². The molecule has 26 heavy (non-hydrogen) atoms. The van der Waals surface area contributed by atoms with Gasteiger partial charge in [0.05, 0.1) is 31.0 Å². The number of ether oxygens (including phenoxy) is 2. The number of benzene rings is 1. The Morgan fingerprint density at radius 3 is 2.92 bits per heavy atom. The quantitative estimate of drug-likeness (QED) is 0.859. The van der Waals surface area contributed by atoms with Crippen LogP contribution in [0.2, 0.25) is 0 Å². The van der Waals surface area contributed by atoms with Crippen LogP contribution in [0.4, 0.5) is 5.69 Å². The van der Waals surface area contributed by atoms with Gasteiger partial charge in [-0.1, -0.05) is 24.3 Å². The van der Waals surface area contributed by atoms with E-state index in [1.54, 1.807) is 19.5 Å². The Morgan fingerprint density at radius 1 is 1.35 bits per heavy atom. The van der Waals surface area contributed by atoms with Crippen molar-refractivity contribution in [1.29, 1.82) is 0 Å². The zero-order valence-electron chi connectivity index (χ0n) is 15.5. The van der Waals surface area contributed by atoms with Crippen LogP contribution in [0.25, 0.3) is 0 Å². The van der Waals surface area contributed by atoms with E-state index < -0.39 is 5.60 Å². The molecule has 1 amide bonds. The summed E-state index contributed by atoms with van der Waals surface area (Å²) >= 11 is 0. The van der Waals surface area contributed by atoms with Gasteiger partial charge in [-0.2, -0.15) is 0 Å². The molecule has 1 N–H and O–H groups in total. The number of fused-ring (bicyclic) bond motifs is 1. The van der Waals surface area contributed by atoms with Gasteiger partial charge in [-0.05, 0) is 23.6 Å². The fourth-order valence-corrected chi connectivity index (χ4v) is 3.44. The van der Waals surface area contributed by atoms with Crippen molar-refractivity contribution >= 4 is 11.6 Å². The molecule has 6 heteroatoms. The molecule has 1 unspecified atom stereocenters. The summed E-state index contributed by atoms with van der Waals surface area (Å²) in [4.78, 5) is 18.8. The Bertz CT molecular complexity index is 778. The standard InChI is InChI=1S/C20H25N3O3/c1-23(2)18-8-10-21-12-16(18)19(24)22-13-20(14-25-3)17-7-5-4-6-15(17)9-11-26-20/h4-8,10,12H,9,11,13-14H2,1-3H3,(H,22,24). The van der Waals surface area contributed by atoms with Crippen molar-refractivity contribution in [2.75, 3.05) is 45.9 Å². The number of nitrogens with zero attached hydrogens (tertiary/aromatic N) is 2. The van der Waals surface area contributed by atoms with Crippen LogP contribution >= 0.6 is 0 Å². The summed E-state index contributed by atoms with van der Waals surface area (Å²) < 4.78 is 11.6. The van der Waals surface area contributed by atoms with Crippen molar-refractivity contribution in [3.8, 4) is 0 Å². The molecule has 1 aromatic heterocycles. The van der Waals surface area contributed by atoms with Crippen LogP contribution in [0.15, 0.2) is 42.7 Å². The number of hydrogen-bond acceptors (Lipinski definition) is 5. The van der Waals surface area contributed by atoms with Gasteiger partial charge in [0.2, 0.25) is 0 Å². The summed E-state index contributed by atoms with van der Waals surface area (Å²) in [5.74, 6) is -0.177. The SMILES string of the molecule is COCC1(CNC(=O)c2cnccc2N(C)C)OCCc2ccccc21. The van der Waals surface area contributed by atoms with Gasteiger partial charge in [-0.3, -0.25) is 9.78 Å². The van der Waals surface area contributed by atoms with Gasteiger partial charge >= 0.3 is 0 Å². The van der Waals surface area contributed by atoms with E-state index in [0.29, 0.717) is 25.3 Å². The van der Waals surface area contributed by atoms with E-state index >= 15 is 0 Å². The van der Waals surface area contributed by atoms with Gasteiger partial charge in [0.25, 0.3) is 5.91 Å². The molecular formula is C20H25N3O3. The molecule has 0 saturated carbocycles. The number of aromatic nitrogens is 1. The predicted octanol–water partition coefficient (Wildman–Crippen LogP) is 1.99. The molecular weight excluding hydrogens is 330 g/mol. The third-order valence-corrected chi connectivity index (χ3v) is 4.69. The highest BCUT2D eigenvalue weighted by atomic mass is 16.5. The maximum absolute atomic E-state index is 12.8. The zero-order chi connectivity index (χ0) is 18.6. The van der Waals surface area contributed by atoms with Crippen molar-refractivity contribution in [2.45, 2.75) is 12.0 Å². The predicted molar refractivity (Wildman–Crippen MR) is 101 cm³/mol. The topological polar surface area (TPSA) is 63.7 Å². The third kappa shape index (κ3) is 3.57. The van der Waals surface area contributed by atoms with Gasteiger partial charge in [0.1, 0.15) is 5.60 Å². The second-order valence-electron chi connectivity index (χ2n) is 6.65. The second-order valence-corrected chi connectivity index (χ2v) is 6.65. The highest BCUT2D eigenvalue weighted by molar-refractivity contribution is 5.99. The summed E-state index contributed by atoms with van der Waals surface area (Å²) in [6.07, 6.45) is 4.13. The third-order valence-electron chi connectivity index (χ3n) is 4.69. The molecule has 0 fully saturated rings. The second kappa shape index (κ2) is 7.85. The van der Waals surface area contributed by atoms with Crippen molar-refractivity contribution in [2.24, 2.45) is 0 Å². The number of methoxy groups -OCH3 is 1. The first-order valence-corrected chi connectivity index (χ1v) is 8.68. The number of pyridine rings is 1. The fraction of sp³-hybridized carbons (Fsp3) is 0.400. The molecule has 1 aliphatic heterocycles. The monoisotopic (exact) mass is 355 g/mol. The van der Waals surface area contributed by atoms with E-state index in [1.165, 1.54) is 5.56 Å². The molecule has 0 radical (unpaired) electrons. The molecule has 0 bridgehead atoms. The highest BCUT2D eigenvalue weighted by Gasteiger charge is 2.38. The van der Waals surface area contributed by atoms with Crippen LogP contribution in [0, 0.1) is 0 Å². The zero-order valence-corrected chi connectivity index (χ0v) is 15.5. The Morgan fingerprint density at radius 2 is 2.15 bits per heavy atom. The average Bonchev–Trinajstić information content (AvgIpc) is 2.66. The minimum absolute atomic E-state index is 0.177. The molecule has 0 aliphatic carbocycles. The first kappa shape index (κ1) is 18.4. The fourth-order valence-electron chi connectivity index (χ4n) is 3.44. The lowest BCUT2D eigenvalue weighted by Gasteiger charge is -2.38. The molecule has 3 rings (SSSR count). The van der Waals surface area contributed by atoms with E-state index in [2.05, 4.69) is 22.4 Å². The Labute approximate surface area is 154 Å². The first-order valence-electron chi connectivity index (χ1n) is 8.68. The van der Waals surface area contributed by atoms with Crippen molar-refractivity contribution in [3.63, 3.8) is 0 Å². The van der Waals surface area contributed by atoms with Gasteiger partial charge in [0.15, 0.2) is 0 Å². The molecule has 0 saturated heterocycles. The normalized spacial score (nSPS) is 18.9. The molecule has 1 atom stereocenters. The lowest BCUT2D eigenvalue weighted by atomic mass is 9.86. The summed E-state index contributed by atoms with van der Waals surface area (Å²) in [5.41, 5.74) is 2.99. The summed E-state index contributed by atoms with van der Waals surface area (Å²) in [7, 11) is 5.45. The molecule has 2 aromatic rings. The maximum Gasteiger partial charge on any atom is 0.255 e. The number of carbonyl (C=O) groups is 1. The van der Waals surface area contributed by atoms with Crippen LogP contribution in [0.5, 0.6) is 0 Å². The van der Waals surface area contributed by atoms with Crippen LogP contribution in [-0.4, -0.2) is 51.9 Å². The van der Waals surface area contributed by atoms with Crippen LogP contribution in [0.3, 0.4) is 0 Å². The van der Waals surface area contributed by atoms with Gasteiger partial charge in [-0.15, -0.1) is 0 Å². The molecule has 2 heterocycles. The van der Waals surface area contributed by atoms with E-state index in [0.717, 1.165) is 17.7 Å². The number of hydrogen-bond donors (Lipinski definition) is 1. The number of anilines is 1. The largest absolute Gasteiger partial charge is 0.381 e. The Hall–Kier alpha value is -2.44. The van der Waals surface area contributed by atoms with Gasteiger partial charge < -0.3 is 19.7 Å². The number of carbonyl (C=O) groups excluding carboxylic acids is 1. The number of nitrogens with one attached hydrogen (secondary N) is 1. The van der Waals surface area contributed by atoms with E-state index in [4.69, 9.17) is 9.47 Å². The number of amides is 1.